The second kappa shape index (κ2) is 9.03. The lowest BCUT2D eigenvalue weighted by Gasteiger charge is -2.11. The molecule has 9 aromatic rings. The van der Waals surface area contributed by atoms with Crippen molar-refractivity contribution in [2.45, 2.75) is 0 Å². The van der Waals surface area contributed by atoms with Gasteiger partial charge in [0.15, 0.2) is 0 Å². The third kappa shape index (κ3) is 3.18. The Kier molecular flexibility index (Phi) is 5.00. The quantitative estimate of drug-likeness (QED) is 0.199. The van der Waals surface area contributed by atoms with Crippen molar-refractivity contribution in [3.8, 4) is 44.5 Å². The fourth-order valence-corrected chi connectivity index (χ4v) is 7.38. The van der Waals surface area contributed by atoms with Crippen molar-refractivity contribution in [3.63, 3.8) is 0 Å². The maximum atomic E-state index is 2.35. The van der Waals surface area contributed by atoms with Crippen molar-refractivity contribution in [3.05, 3.63) is 158 Å². The van der Waals surface area contributed by atoms with Crippen LogP contribution >= 0.6 is 0 Å². The Labute approximate surface area is 244 Å². The van der Waals surface area contributed by atoms with E-state index in [1.165, 1.54) is 87.6 Å². The van der Waals surface area contributed by atoms with Crippen LogP contribution in [0.4, 0.5) is 0 Å². The summed E-state index contributed by atoms with van der Waals surface area (Å²) in [4.78, 5) is 0. The molecule has 0 radical (unpaired) electrons. The Morgan fingerprint density at radius 2 is 0.476 bits per heavy atom. The van der Waals surface area contributed by atoms with Gasteiger partial charge in [-0.25, -0.2) is 0 Å². The van der Waals surface area contributed by atoms with Crippen molar-refractivity contribution in [1.29, 1.82) is 0 Å². The highest BCUT2D eigenvalue weighted by Crippen LogP contribution is 2.56. The van der Waals surface area contributed by atoms with Crippen LogP contribution in [-0.2, 0) is 0 Å². The third-order valence-corrected chi connectivity index (χ3v) is 8.96. The summed E-state index contributed by atoms with van der Waals surface area (Å²) in [5.74, 6) is 0. The molecule has 0 saturated heterocycles. The molecule has 0 atom stereocenters. The van der Waals surface area contributed by atoms with Gasteiger partial charge in [0.2, 0.25) is 0 Å². The number of rotatable bonds is 4. The number of hydrogen-bond acceptors (Lipinski definition) is 0. The minimum Gasteiger partial charge on any atom is -0.0622 e. The largest absolute Gasteiger partial charge is 0.0622 e. The van der Waals surface area contributed by atoms with Gasteiger partial charge in [-0.05, 0) is 87.6 Å². The van der Waals surface area contributed by atoms with Crippen LogP contribution in [-0.4, -0.2) is 0 Å². The average Bonchev–Trinajstić information content (AvgIpc) is 3.61. The van der Waals surface area contributed by atoms with Gasteiger partial charge in [-0.15, -0.1) is 0 Å². The molecular weight excluding hydrogens is 504 g/mol. The molecular formula is C42H26. The Balaban J connectivity index is 1.58. The topological polar surface area (TPSA) is 0 Å². The van der Waals surface area contributed by atoms with Crippen molar-refractivity contribution in [2.24, 2.45) is 0 Å². The smallest absolute Gasteiger partial charge is 0.000740 e. The van der Waals surface area contributed by atoms with Crippen LogP contribution in [0.5, 0.6) is 0 Å². The van der Waals surface area contributed by atoms with E-state index in [4.69, 9.17) is 0 Å². The molecule has 9 rings (SSSR count). The second-order valence-corrected chi connectivity index (χ2v) is 11.2. The standard InChI is InChI=1S/C42H26/c1-5-15-27(16-6-1)35-31-23-13-25-33-39(31)41(37(35)29-19-9-3-10-20-29)34-26-14-24-32-36(28-17-7-2-8-18-28)38(42(33)40(32)34)30-21-11-4-12-22-30/h1-26H. The lowest BCUT2D eigenvalue weighted by molar-refractivity contribution is 1.65. The first-order valence-electron chi connectivity index (χ1n) is 14.6. The van der Waals surface area contributed by atoms with Crippen LogP contribution in [0, 0.1) is 0 Å². The summed E-state index contributed by atoms with van der Waals surface area (Å²) in [5.41, 5.74) is 10.3. The maximum Gasteiger partial charge on any atom is -0.000740 e. The maximum absolute atomic E-state index is 2.35. The molecule has 0 aliphatic heterocycles. The molecule has 0 saturated carbocycles. The van der Waals surface area contributed by atoms with Crippen molar-refractivity contribution < 1.29 is 0 Å². The monoisotopic (exact) mass is 530 g/mol. The minimum absolute atomic E-state index is 1.26. The average molecular weight is 531 g/mol. The zero-order valence-corrected chi connectivity index (χ0v) is 23.0. The molecule has 0 nitrogen and oxygen atoms in total. The van der Waals surface area contributed by atoms with Crippen LogP contribution in [0.25, 0.3) is 87.6 Å². The van der Waals surface area contributed by atoms with Crippen molar-refractivity contribution in [1.82, 2.24) is 0 Å². The van der Waals surface area contributed by atoms with Gasteiger partial charge in [0.05, 0.1) is 0 Å². The normalized spacial score (nSPS) is 11.8. The Morgan fingerprint density at radius 3 is 0.810 bits per heavy atom. The number of benzene rings is 7. The number of fused-ring (bicyclic) bond motifs is 2. The summed E-state index contributed by atoms with van der Waals surface area (Å²) < 4.78 is 0. The van der Waals surface area contributed by atoms with E-state index in [2.05, 4.69) is 158 Å². The molecule has 0 heteroatoms. The van der Waals surface area contributed by atoms with Crippen LogP contribution in [0.1, 0.15) is 0 Å². The lowest BCUT2D eigenvalue weighted by Crippen LogP contribution is -1.83. The number of hydrogen-bond donors (Lipinski definition) is 0. The lowest BCUT2D eigenvalue weighted by atomic mass is 9.92. The van der Waals surface area contributed by atoms with E-state index >= 15 is 0 Å². The Hall–Kier alpha value is -5.46. The highest BCUT2D eigenvalue weighted by molar-refractivity contribution is 6.44. The Bertz CT molecular complexity index is 2180. The molecule has 0 aliphatic rings. The zero-order chi connectivity index (χ0) is 27.6. The first-order valence-corrected chi connectivity index (χ1v) is 14.6. The summed E-state index contributed by atoms with van der Waals surface area (Å²) in [6.45, 7) is 0. The van der Waals surface area contributed by atoms with Gasteiger partial charge in [-0.1, -0.05) is 158 Å². The summed E-state index contributed by atoms with van der Waals surface area (Å²) in [6.07, 6.45) is 0. The van der Waals surface area contributed by atoms with Crippen LogP contribution in [0.2, 0.25) is 0 Å². The highest BCUT2D eigenvalue weighted by Gasteiger charge is 2.28. The predicted octanol–water partition coefficient (Wildman–Crippen LogP) is 11.8. The molecule has 9 aromatic carbocycles. The van der Waals surface area contributed by atoms with E-state index in [0.717, 1.165) is 0 Å². The molecule has 0 bridgehead atoms. The zero-order valence-electron chi connectivity index (χ0n) is 23.0. The van der Waals surface area contributed by atoms with Gasteiger partial charge in [0.1, 0.15) is 0 Å². The SMILES string of the molecule is c1ccc(-c2c(-c3ccccc3)c3c4cccc5c(-c6ccccc6)c(-c6ccccc6)c(c6cccc2c63)c54)cc1. The van der Waals surface area contributed by atoms with E-state index < -0.39 is 0 Å². The molecule has 0 amide bonds. The summed E-state index contributed by atoms with van der Waals surface area (Å²) in [5, 5.41) is 10.7. The predicted molar refractivity (Wildman–Crippen MR) is 181 cm³/mol. The minimum atomic E-state index is 1.26. The molecule has 0 spiro atoms. The first-order chi connectivity index (χ1) is 20.9. The van der Waals surface area contributed by atoms with Gasteiger partial charge < -0.3 is 0 Å². The van der Waals surface area contributed by atoms with Gasteiger partial charge >= 0.3 is 0 Å². The summed E-state index contributed by atoms with van der Waals surface area (Å²) in [7, 11) is 0. The van der Waals surface area contributed by atoms with Crippen molar-refractivity contribution >= 4 is 43.1 Å². The molecule has 0 fully saturated rings. The Morgan fingerprint density at radius 1 is 0.190 bits per heavy atom. The summed E-state index contributed by atoms with van der Waals surface area (Å²) >= 11 is 0. The third-order valence-electron chi connectivity index (χ3n) is 8.96. The van der Waals surface area contributed by atoms with Gasteiger partial charge in [0, 0.05) is 0 Å². The highest BCUT2D eigenvalue weighted by atomic mass is 14.3. The van der Waals surface area contributed by atoms with Crippen LogP contribution in [0.3, 0.4) is 0 Å². The van der Waals surface area contributed by atoms with E-state index in [9.17, 15) is 0 Å². The molecule has 0 aliphatic carbocycles. The molecule has 0 aromatic heterocycles. The molecule has 0 N–H and O–H groups in total. The molecule has 194 valence electrons. The molecule has 0 heterocycles. The second-order valence-electron chi connectivity index (χ2n) is 11.2. The van der Waals surface area contributed by atoms with Gasteiger partial charge in [-0.3, -0.25) is 0 Å². The van der Waals surface area contributed by atoms with E-state index in [1.807, 2.05) is 0 Å². The van der Waals surface area contributed by atoms with E-state index in [-0.39, 0.29) is 0 Å². The van der Waals surface area contributed by atoms with Crippen LogP contribution < -0.4 is 0 Å². The summed E-state index contributed by atoms with van der Waals surface area (Å²) in [6, 6.07) is 57.6. The van der Waals surface area contributed by atoms with Crippen molar-refractivity contribution in [2.75, 3.05) is 0 Å². The molecule has 42 heavy (non-hydrogen) atoms. The van der Waals surface area contributed by atoms with E-state index in [1.54, 1.807) is 0 Å². The van der Waals surface area contributed by atoms with E-state index in [0.29, 0.717) is 0 Å². The fraction of sp³-hybridized carbons (Fsp3) is 0. The first kappa shape index (κ1) is 23.3. The molecule has 0 unspecified atom stereocenters. The fourth-order valence-electron chi connectivity index (χ4n) is 7.38. The van der Waals surface area contributed by atoms with Gasteiger partial charge in [0.25, 0.3) is 0 Å². The van der Waals surface area contributed by atoms with Gasteiger partial charge in [-0.2, -0.15) is 0 Å². The van der Waals surface area contributed by atoms with Crippen LogP contribution in [0.15, 0.2) is 158 Å².